The molecule has 0 amide bonds. The van der Waals surface area contributed by atoms with E-state index in [0.717, 1.165) is 26.6 Å². The van der Waals surface area contributed by atoms with Gasteiger partial charge in [0.15, 0.2) is 11.6 Å². The Labute approximate surface area is 124 Å². The van der Waals surface area contributed by atoms with E-state index in [1.54, 1.807) is 11.3 Å². The predicted octanol–water partition coefficient (Wildman–Crippen LogP) is 4.22. The number of thiophene rings is 1. The molecule has 0 aliphatic rings. The van der Waals surface area contributed by atoms with E-state index < -0.39 is 11.6 Å². The summed E-state index contributed by atoms with van der Waals surface area (Å²) in [5.74, 6) is -1.29. The highest BCUT2D eigenvalue weighted by molar-refractivity contribution is 7.19. The van der Waals surface area contributed by atoms with Gasteiger partial charge in [-0.25, -0.2) is 8.78 Å². The van der Waals surface area contributed by atoms with Crippen molar-refractivity contribution in [3.63, 3.8) is 0 Å². The van der Waals surface area contributed by atoms with Crippen LogP contribution in [0.15, 0.2) is 42.5 Å². The second-order valence-electron chi connectivity index (χ2n) is 4.57. The Hall–Kier alpha value is -1.98. The zero-order valence-corrected chi connectivity index (χ0v) is 11.9. The van der Waals surface area contributed by atoms with Gasteiger partial charge in [0, 0.05) is 27.8 Å². The van der Waals surface area contributed by atoms with Crippen molar-refractivity contribution < 1.29 is 13.5 Å². The van der Waals surface area contributed by atoms with Crippen LogP contribution in [0.5, 0.6) is 5.75 Å². The molecule has 0 saturated heterocycles. The number of fused-ring (bicyclic) bond motifs is 1. The van der Waals surface area contributed by atoms with E-state index in [4.69, 9.17) is 10.5 Å². The minimum absolute atomic E-state index is 0.0367. The minimum atomic E-state index is -0.705. The minimum Gasteiger partial charge on any atom is -0.486 e. The highest BCUT2D eigenvalue weighted by atomic mass is 32.1. The summed E-state index contributed by atoms with van der Waals surface area (Å²) in [7, 11) is 0. The smallest absolute Gasteiger partial charge is 0.167 e. The molecule has 21 heavy (non-hydrogen) atoms. The molecule has 2 nitrogen and oxygen atoms in total. The summed E-state index contributed by atoms with van der Waals surface area (Å²) in [6, 6.07) is 11.2. The molecule has 0 aliphatic heterocycles. The molecule has 0 spiro atoms. The molecule has 0 atom stereocenters. The SMILES string of the molecule is NCc1sc2ccccc2c1COc1ccc(F)cc1F. The summed E-state index contributed by atoms with van der Waals surface area (Å²) in [6.07, 6.45) is 0. The Balaban J connectivity index is 1.91. The molecule has 0 bridgehead atoms. The van der Waals surface area contributed by atoms with E-state index in [0.29, 0.717) is 6.54 Å². The zero-order chi connectivity index (χ0) is 14.8. The van der Waals surface area contributed by atoms with Gasteiger partial charge in [0.25, 0.3) is 0 Å². The van der Waals surface area contributed by atoms with E-state index in [2.05, 4.69) is 0 Å². The average molecular weight is 305 g/mol. The summed E-state index contributed by atoms with van der Waals surface area (Å²) >= 11 is 1.61. The van der Waals surface area contributed by atoms with Crippen molar-refractivity contribution >= 4 is 21.4 Å². The van der Waals surface area contributed by atoms with Crippen LogP contribution in [0.25, 0.3) is 10.1 Å². The van der Waals surface area contributed by atoms with Crippen LogP contribution in [0.3, 0.4) is 0 Å². The molecule has 5 heteroatoms. The second-order valence-corrected chi connectivity index (χ2v) is 5.70. The van der Waals surface area contributed by atoms with Crippen molar-refractivity contribution in [2.45, 2.75) is 13.2 Å². The number of hydrogen-bond donors (Lipinski definition) is 1. The van der Waals surface area contributed by atoms with E-state index in [-0.39, 0.29) is 12.4 Å². The third kappa shape index (κ3) is 2.75. The van der Waals surface area contributed by atoms with Crippen LogP contribution in [-0.2, 0) is 13.2 Å². The molecule has 1 heterocycles. The lowest BCUT2D eigenvalue weighted by Gasteiger charge is -2.08. The molecule has 0 saturated carbocycles. The van der Waals surface area contributed by atoms with Gasteiger partial charge in [-0.15, -0.1) is 11.3 Å². The fraction of sp³-hybridized carbons (Fsp3) is 0.125. The van der Waals surface area contributed by atoms with Gasteiger partial charge in [-0.1, -0.05) is 18.2 Å². The largest absolute Gasteiger partial charge is 0.486 e. The van der Waals surface area contributed by atoms with Crippen molar-refractivity contribution in [1.82, 2.24) is 0 Å². The standard InChI is InChI=1S/C16H13F2NOS/c17-10-5-6-14(13(18)7-10)20-9-12-11-3-1-2-4-15(11)21-16(12)8-19/h1-7H,8-9,19H2. The predicted molar refractivity (Wildman–Crippen MR) is 80.4 cm³/mol. The summed E-state index contributed by atoms with van der Waals surface area (Å²) in [5, 5.41) is 1.06. The van der Waals surface area contributed by atoms with E-state index in [1.807, 2.05) is 24.3 Å². The summed E-state index contributed by atoms with van der Waals surface area (Å²) in [4.78, 5) is 1.01. The topological polar surface area (TPSA) is 35.2 Å². The lowest BCUT2D eigenvalue weighted by Crippen LogP contribution is -2.02. The Bertz CT molecular complexity index is 785. The van der Waals surface area contributed by atoms with Gasteiger partial charge in [-0.05, 0) is 23.6 Å². The normalized spacial score (nSPS) is 11.0. The zero-order valence-electron chi connectivity index (χ0n) is 11.1. The van der Waals surface area contributed by atoms with Gasteiger partial charge in [0.1, 0.15) is 12.4 Å². The van der Waals surface area contributed by atoms with Crippen molar-refractivity contribution in [1.29, 1.82) is 0 Å². The van der Waals surface area contributed by atoms with Gasteiger partial charge in [0.05, 0.1) is 0 Å². The highest BCUT2D eigenvalue weighted by Gasteiger charge is 2.12. The number of halogens is 2. The fourth-order valence-corrected chi connectivity index (χ4v) is 3.30. The van der Waals surface area contributed by atoms with E-state index in [1.165, 1.54) is 12.1 Å². The number of ether oxygens (including phenoxy) is 1. The number of rotatable bonds is 4. The second kappa shape index (κ2) is 5.79. The van der Waals surface area contributed by atoms with Crippen LogP contribution in [0, 0.1) is 11.6 Å². The average Bonchev–Trinajstić information content (AvgIpc) is 2.84. The lowest BCUT2D eigenvalue weighted by atomic mass is 10.1. The summed E-state index contributed by atoms with van der Waals surface area (Å²) in [5.41, 5.74) is 6.72. The molecule has 0 unspecified atom stereocenters. The van der Waals surface area contributed by atoms with Crippen molar-refractivity contribution in [2.24, 2.45) is 5.73 Å². The summed E-state index contributed by atoms with van der Waals surface area (Å²) < 4.78 is 33.1. The van der Waals surface area contributed by atoms with Crippen LogP contribution in [0.4, 0.5) is 8.78 Å². The molecule has 2 N–H and O–H groups in total. The van der Waals surface area contributed by atoms with E-state index in [9.17, 15) is 8.78 Å². The number of nitrogens with two attached hydrogens (primary N) is 1. The van der Waals surface area contributed by atoms with Gasteiger partial charge in [-0.3, -0.25) is 0 Å². The van der Waals surface area contributed by atoms with Crippen LogP contribution < -0.4 is 10.5 Å². The van der Waals surface area contributed by atoms with Crippen LogP contribution in [0.1, 0.15) is 10.4 Å². The molecular weight excluding hydrogens is 292 g/mol. The highest BCUT2D eigenvalue weighted by Crippen LogP contribution is 2.32. The maximum Gasteiger partial charge on any atom is 0.167 e. The molecular formula is C16H13F2NOS. The van der Waals surface area contributed by atoms with Crippen LogP contribution in [0.2, 0.25) is 0 Å². The number of benzene rings is 2. The van der Waals surface area contributed by atoms with Crippen molar-refractivity contribution in [2.75, 3.05) is 0 Å². The molecule has 0 radical (unpaired) electrons. The van der Waals surface area contributed by atoms with Gasteiger partial charge in [-0.2, -0.15) is 0 Å². The first-order chi connectivity index (χ1) is 10.2. The Morgan fingerprint density at radius 1 is 1.10 bits per heavy atom. The Kier molecular flexibility index (Phi) is 3.86. The molecule has 3 rings (SSSR count). The van der Waals surface area contributed by atoms with Crippen molar-refractivity contribution in [3.05, 3.63) is 64.5 Å². The van der Waals surface area contributed by atoms with Crippen molar-refractivity contribution in [3.8, 4) is 5.75 Å². The maximum atomic E-state index is 13.6. The third-order valence-corrected chi connectivity index (χ3v) is 4.47. The fourth-order valence-electron chi connectivity index (χ4n) is 2.21. The molecule has 3 aromatic rings. The molecule has 108 valence electrons. The van der Waals surface area contributed by atoms with E-state index >= 15 is 0 Å². The van der Waals surface area contributed by atoms with Gasteiger partial charge in [0.2, 0.25) is 0 Å². The first-order valence-electron chi connectivity index (χ1n) is 6.46. The maximum absolute atomic E-state index is 13.6. The monoisotopic (exact) mass is 305 g/mol. The first-order valence-corrected chi connectivity index (χ1v) is 7.28. The first kappa shape index (κ1) is 14.0. The van der Waals surface area contributed by atoms with Gasteiger partial charge >= 0.3 is 0 Å². The lowest BCUT2D eigenvalue weighted by molar-refractivity contribution is 0.290. The van der Waals surface area contributed by atoms with Crippen LogP contribution >= 0.6 is 11.3 Å². The summed E-state index contributed by atoms with van der Waals surface area (Å²) in [6.45, 7) is 0.614. The van der Waals surface area contributed by atoms with Crippen LogP contribution in [-0.4, -0.2) is 0 Å². The molecule has 0 fully saturated rings. The Morgan fingerprint density at radius 2 is 1.90 bits per heavy atom. The molecule has 1 aromatic heterocycles. The molecule has 2 aromatic carbocycles. The third-order valence-electron chi connectivity index (χ3n) is 3.23. The Morgan fingerprint density at radius 3 is 2.67 bits per heavy atom. The van der Waals surface area contributed by atoms with Gasteiger partial charge < -0.3 is 10.5 Å². The number of hydrogen-bond acceptors (Lipinski definition) is 3. The molecule has 0 aliphatic carbocycles. The quantitative estimate of drug-likeness (QED) is 0.783.